The van der Waals surface area contributed by atoms with E-state index < -0.39 is 11.2 Å². The quantitative estimate of drug-likeness (QED) is 0.641. The van der Waals surface area contributed by atoms with Crippen LogP contribution in [0.25, 0.3) is 0 Å². The van der Waals surface area contributed by atoms with Gasteiger partial charge in [0.05, 0.1) is 17.3 Å². The van der Waals surface area contributed by atoms with Crippen LogP contribution in [0.2, 0.25) is 0 Å². The molecule has 0 heterocycles. The Morgan fingerprint density at radius 1 is 0.826 bits per heavy atom. The lowest BCUT2D eigenvalue weighted by atomic mass is 9.38. The zero-order valence-corrected chi connectivity index (χ0v) is 15.2. The molecule has 0 aromatic rings. The van der Waals surface area contributed by atoms with E-state index in [0.29, 0.717) is 5.92 Å². The fourth-order valence-corrected chi connectivity index (χ4v) is 8.06. The van der Waals surface area contributed by atoms with E-state index in [1.54, 1.807) is 0 Å². The number of aliphatic hydroxyl groups is 3. The van der Waals surface area contributed by atoms with Crippen molar-refractivity contribution in [3.63, 3.8) is 0 Å². The minimum absolute atomic E-state index is 0.0214. The van der Waals surface area contributed by atoms with E-state index in [4.69, 9.17) is 0 Å². The summed E-state index contributed by atoms with van der Waals surface area (Å²) in [4.78, 5) is 0. The summed E-state index contributed by atoms with van der Waals surface area (Å²) in [5, 5.41) is 33.1. The molecule has 0 saturated heterocycles. The summed E-state index contributed by atoms with van der Waals surface area (Å²) < 4.78 is 0. The van der Waals surface area contributed by atoms with Crippen LogP contribution in [0.4, 0.5) is 0 Å². The minimum atomic E-state index is -0.642. The minimum Gasteiger partial charge on any atom is -0.393 e. The first-order valence-electron chi connectivity index (χ1n) is 9.59. The first-order valence-corrected chi connectivity index (χ1v) is 9.59. The largest absolute Gasteiger partial charge is 0.393 e. The average Bonchev–Trinajstić information content (AvgIpc) is 2.66. The van der Waals surface area contributed by atoms with Crippen molar-refractivity contribution in [3.8, 4) is 0 Å². The molecule has 4 aliphatic rings. The monoisotopic (exact) mass is 322 g/mol. The Balaban J connectivity index is 1.83. The second-order valence-corrected chi connectivity index (χ2v) is 10.6. The highest BCUT2D eigenvalue weighted by Gasteiger charge is 2.74. The molecule has 3 heteroatoms. The van der Waals surface area contributed by atoms with Gasteiger partial charge in [-0.2, -0.15) is 0 Å². The molecule has 0 amide bonds. The molecule has 0 radical (unpaired) electrons. The van der Waals surface area contributed by atoms with Crippen LogP contribution in [0.1, 0.15) is 79.1 Å². The first kappa shape index (κ1) is 16.4. The lowest BCUT2D eigenvalue weighted by Gasteiger charge is -2.68. The van der Waals surface area contributed by atoms with E-state index in [2.05, 4.69) is 20.8 Å². The van der Waals surface area contributed by atoms with E-state index in [0.717, 1.165) is 51.4 Å². The number of hydrogen-bond acceptors (Lipinski definition) is 3. The van der Waals surface area contributed by atoms with Crippen molar-refractivity contribution in [2.75, 3.05) is 0 Å². The van der Waals surface area contributed by atoms with Crippen molar-refractivity contribution >= 4 is 0 Å². The van der Waals surface area contributed by atoms with Gasteiger partial charge in [0.1, 0.15) is 0 Å². The maximum absolute atomic E-state index is 11.7. The number of hydrogen-bond donors (Lipinski definition) is 3. The molecule has 0 aliphatic heterocycles. The van der Waals surface area contributed by atoms with Gasteiger partial charge in [-0.15, -0.1) is 0 Å². The molecule has 0 unspecified atom stereocenters. The van der Waals surface area contributed by atoms with Crippen molar-refractivity contribution in [3.05, 3.63) is 0 Å². The van der Waals surface area contributed by atoms with E-state index in [1.807, 2.05) is 6.92 Å². The Hall–Kier alpha value is -0.120. The summed E-state index contributed by atoms with van der Waals surface area (Å²) in [7, 11) is 0. The molecule has 0 aromatic carbocycles. The third-order valence-electron chi connectivity index (χ3n) is 9.08. The molecule has 3 nitrogen and oxygen atoms in total. The molecule has 7 atom stereocenters. The maximum Gasteiger partial charge on any atom is 0.0713 e. The SMILES string of the molecule is CC1(C)C[C@H](O)C[C@@]2(C)[C@H]1CC[C@@]1(O)C[C@@H]3C[C@]12CC[C@]3(C)O. The highest BCUT2D eigenvalue weighted by atomic mass is 16.3. The Morgan fingerprint density at radius 2 is 1.52 bits per heavy atom. The maximum atomic E-state index is 11.7. The lowest BCUT2D eigenvalue weighted by molar-refractivity contribution is -0.244. The molecule has 0 aromatic heterocycles. The van der Waals surface area contributed by atoms with Crippen LogP contribution in [0.15, 0.2) is 0 Å². The molecule has 4 fully saturated rings. The molecular formula is C20H34O3. The molecule has 2 bridgehead atoms. The molecule has 3 N–H and O–H groups in total. The zero-order chi connectivity index (χ0) is 16.9. The summed E-state index contributed by atoms with van der Waals surface area (Å²) in [5.41, 5.74) is -1.29. The van der Waals surface area contributed by atoms with Crippen LogP contribution in [0.3, 0.4) is 0 Å². The number of rotatable bonds is 0. The Bertz CT molecular complexity index is 527. The van der Waals surface area contributed by atoms with Gasteiger partial charge < -0.3 is 15.3 Å². The number of aliphatic hydroxyl groups excluding tert-OH is 1. The summed E-state index contributed by atoms with van der Waals surface area (Å²) >= 11 is 0. The summed E-state index contributed by atoms with van der Waals surface area (Å²) in [6, 6.07) is 0. The standard InChI is InChI=1S/C20H34O3/c1-16(2)11-14(21)12-17(3)15(16)5-6-20(23)10-13-9-19(17,20)8-7-18(13,4)22/h13-15,21-23H,5-12H2,1-4H3/t13-,14-,15-,17-,18-,19-,20+/m0/s1. The summed E-state index contributed by atoms with van der Waals surface area (Å²) in [6.07, 6.45) is 6.75. The van der Waals surface area contributed by atoms with Crippen LogP contribution in [-0.2, 0) is 0 Å². The molecule has 4 rings (SSSR count). The second kappa shape index (κ2) is 4.34. The topological polar surface area (TPSA) is 60.7 Å². The van der Waals surface area contributed by atoms with Crippen LogP contribution in [-0.4, -0.2) is 32.6 Å². The fraction of sp³-hybridized carbons (Fsp3) is 1.00. The normalized spacial score (nSPS) is 60.9. The smallest absolute Gasteiger partial charge is 0.0713 e. The van der Waals surface area contributed by atoms with Crippen LogP contribution < -0.4 is 0 Å². The van der Waals surface area contributed by atoms with Gasteiger partial charge in [0.15, 0.2) is 0 Å². The van der Waals surface area contributed by atoms with Crippen molar-refractivity contribution in [2.24, 2.45) is 28.1 Å². The van der Waals surface area contributed by atoms with E-state index in [-0.39, 0.29) is 28.3 Å². The summed E-state index contributed by atoms with van der Waals surface area (Å²) in [5.74, 6) is 0.763. The van der Waals surface area contributed by atoms with Gasteiger partial charge in [-0.1, -0.05) is 20.8 Å². The molecule has 23 heavy (non-hydrogen) atoms. The van der Waals surface area contributed by atoms with E-state index in [1.165, 1.54) is 0 Å². The first-order chi connectivity index (χ1) is 10.5. The third kappa shape index (κ3) is 1.82. The highest BCUT2D eigenvalue weighted by molar-refractivity contribution is 5.24. The van der Waals surface area contributed by atoms with E-state index in [9.17, 15) is 15.3 Å². The highest BCUT2D eigenvalue weighted by Crippen LogP contribution is 2.76. The second-order valence-electron chi connectivity index (χ2n) is 10.6. The number of fused-ring (bicyclic) bond motifs is 2. The van der Waals surface area contributed by atoms with Gasteiger partial charge >= 0.3 is 0 Å². The Labute approximate surface area is 140 Å². The molecule has 132 valence electrons. The molecule has 1 spiro atoms. The van der Waals surface area contributed by atoms with Gasteiger partial charge in [-0.25, -0.2) is 0 Å². The Kier molecular flexibility index (Phi) is 3.09. The average molecular weight is 322 g/mol. The zero-order valence-electron chi connectivity index (χ0n) is 15.2. The van der Waals surface area contributed by atoms with Crippen molar-refractivity contribution in [2.45, 2.75) is 96.4 Å². The van der Waals surface area contributed by atoms with Crippen molar-refractivity contribution < 1.29 is 15.3 Å². The Morgan fingerprint density at radius 3 is 2.22 bits per heavy atom. The van der Waals surface area contributed by atoms with Gasteiger partial charge in [-0.05, 0) is 81.0 Å². The van der Waals surface area contributed by atoms with Gasteiger partial charge in [-0.3, -0.25) is 0 Å². The van der Waals surface area contributed by atoms with Gasteiger partial charge in [0.25, 0.3) is 0 Å². The molecular weight excluding hydrogens is 288 g/mol. The van der Waals surface area contributed by atoms with E-state index >= 15 is 0 Å². The fourth-order valence-electron chi connectivity index (χ4n) is 8.06. The molecule has 4 saturated carbocycles. The summed E-state index contributed by atoms with van der Waals surface area (Å²) in [6.45, 7) is 8.94. The van der Waals surface area contributed by atoms with Gasteiger partial charge in [0.2, 0.25) is 0 Å². The molecule has 4 aliphatic carbocycles. The van der Waals surface area contributed by atoms with Crippen LogP contribution in [0, 0.1) is 28.1 Å². The van der Waals surface area contributed by atoms with Gasteiger partial charge in [0, 0.05) is 5.41 Å². The predicted octanol–water partition coefficient (Wildman–Crippen LogP) is 3.26. The van der Waals surface area contributed by atoms with Crippen LogP contribution >= 0.6 is 0 Å². The predicted molar refractivity (Wildman–Crippen MR) is 89.8 cm³/mol. The third-order valence-corrected chi connectivity index (χ3v) is 9.08. The van der Waals surface area contributed by atoms with Crippen molar-refractivity contribution in [1.29, 1.82) is 0 Å². The lowest BCUT2D eigenvalue weighted by Crippen LogP contribution is -2.65. The van der Waals surface area contributed by atoms with Crippen molar-refractivity contribution in [1.82, 2.24) is 0 Å². The van der Waals surface area contributed by atoms with Crippen LogP contribution in [0.5, 0.6) is 0 Å².